The van der Waals surface area contributed by atoms with Crippen LogP contribution < -0.4 is 11.2 Å². The maximum Gasteiger partial charge on any atom is 0.326 e. The first kappa shape index (κ1) is 8.78. The molecule has 0 bridgehead atoms. The lowest BCUT2D eigenvalue weighted by atomic mass is 10.2. The van der Waals surface area contributed by atoms with Crippen LogP contribution in [0.2, 0.25) is 0 Å². The molecular weight excluding hydrogens is 208 g/mol. The Labute approximate surface area is 88.0 Å². The van der Waals surface area contributed by atoms with Crippen LogP contribution in [0.1, 0.15) is 0 Å². The highest BCUT2D eigenvalue weighted by molar-refractivity contribution is 6.01. The van der Waals surface area contributed by atoms with Gasteiger partial charge in [0.2, 0.25) is 0 Å². The molecule has 0 atom stereocenters. The molecule has 1 aromatic carbocycles. The van der Waals surface area contributed by atoms with E-state index in [0.717, 1.165) is 0 Å². The number of rotatable bonds is 0. The minimum Gasteiger partial charge on any atom is -0.307 e. The zero-order valence-electron chi connectivity index (χ0n) is 8.02. The molecule has 16 heavy (non-hydrogen) atoms. The van der Waals surface area contributed by atoms with Gasteiger partial charge in [-0.1, -0.05) is 0 Å². The van der Waals surface area contributed by atoms with Gasteiger partial charge in [0.1, 0.15) is 5.52 Å². The first-order valence-electron chi connectivity index (χ1n) is 4.62. The summed E-state index contributed by atoms with van der Waals surface area (Å²) in [6, 6.07) is 3.35. The van der Waals surface area contributed by atoms with Crippen molar-refractivity contribution >= 4 is 21.9 Å². The Morgan fingerprint density at radius 3 is 2.69 bits per heavy atom. The molecule has 0 saturated carbocycles. The SMILES string of the molecule is O=c1[nH]c(=O)c2c(ccc3nccnc32)[nH]1. The predicted octanol–water partition coefficient (Wildman–Crippen LogP) is 0.160. The van der Waals surface area contributed by atoms with Gasteiger partial charge >= 0.3 is 5.69 Å². The molecule has 0 amide bonds. The monoisotopic (exact) mass is 214 g/mol. The highest BCUT2D eigenvalue weighted by Gasteiger charge is 2.06. The Bertz CT molecular complexity index is 803. The number of hydrogen-bond donors (Lipinski definition) is 2. The molecule has 0 spiro atoms. The number of nitrogens with one attached hydrogen (secondary N) is 2. The summed E-state index contributed by atoms with van der Waals surface area (Å²) < 4.78 is 0. The van der Waals surface area contributed by atoms with Crippen molar-refractivity contribution in [2.45, 2.75) is 0 Å². The number of hydrogen-bond acceptors (Lipinski definition) is 4. The van der Waals surface area contributed by atoms with Crippen LogP contribution in [-0.2, 0) is 0 Å². The summed E-state index contributed by atoms with van der Waals surface area (Å²) in [5.41, 5.74) is 0.581. The van der Waals surface area contributed by atoms with Gasteiger partial charge in [-0.2, -0.15) is 0 Å². The van der Waals surface area contributed by atoms with E-state index in [1.54, 1.807) is 18.3 Å². The number of benzene rings is 1. The molecule has 78 valence electrons. The zero-order valence-corrected chi connectivity index (χ0v) is 8.02. The number of aromatic amines is 2. The van der Waals surface area contributed by atoms with Gasteiger partial charge in [-0.25, -0.2) is 4.79 Å². The van der Waals surface area contributed by atoms with Crippen molar-refractivity contribution in [1.82, 2.24) is 19.9 Å². The van der Waals surface area contributed by atoms with E-state index in [0.29, 0.717) is 21.9 Å². The second kappa shape index (κ2) is 2.99. The van der Waals surface area contributed by atoms with E-state index in [2.05, 4.69) is 19.9 Å². The Morgan fingerprint density at radius 2 is 1.81 bits per heavy atom. The minimum atomic E-state index is -0.527. The summed E-state index contributed by atoms with van der Waals surface area (Å²) in [5.74, 6) is 0. The van der Waals surface area contributed by atoms with Gasteiger partial charge in [0.15, 0.2) is 0 Å². The van der Waals surface area contributed by atoms with Crippen LogP contribution in [0.15, 0.2) is 34.1 Å². The Morgan fingerprint density at radius 1 is 1.00 bits per heavy atom. The van der Waals surface area contributed by atoms with E-state index >= 15 is 0 Å². The Hall–Kier alpha value is -2.50. The molecule has 2 N–H and O–H groups in total. The third kappa shape index (κ3) is 1.13. The molecule has 3 aromatic rings. The Balaban J connectivity index is 2.71. The van der Waals surface area contributed by atoms with Gasteiger partial charge in [0.25, 0.3) is 5.56 Å². The summed E-state index contributed by atoms with van der Waals surface area (Å²) in [5, 5.41) is 0.352. The number of nitrogens with zero attached hydrogens (tertiary/aromatic N) is 2. The molecular formula is C10H6N4O2. The molecule has 6 nitrogen and oxygen atoms in total. The van der Waals surface area contributed by atoms with Gasteiger partial charge in [-0.05, 0) is 12.1 Å². The van der Waals surface area contributed by atoms with Crippen molar-refractivity contribution in [2.75, 3.05) is 0 Å². The lowest BCUT2D eigenvalue weighted by Gasteiger charge is -1.99. The second-order valence-electron chi connectivity index (χ2n) is 3.32. The first-order chi connectivity index (χ1) is 7.75. The highest BCUT2D eigenvalue weighted by atomic mass is 16.2. The van der Waals surface area contributed by atoms with Crippen LogP contribution in [0.4, 0.5) is 0 Å². The largest absolute Gasteiger partial charge is 0.326 e. The molecule has 0 saturated heterocycles. The number of aromatic nitrogens is 4. The highest BCUT2D eigenvalue weighted by Crippen LogP contribution is 2.15. The molecule has 0 unspecified atom stereocenters. The van der Waals surface area contributed by atoms with Crippen molar-refractivity contribution in [1.29, 1.82) is 0 Å². The van der Waals surface area contributed by atoms with Crippen molar-refractivity contribution < 1.29 is 0 Å². The van der Waals surface area contributed by atoms with Crippen LogP contribution in [0.3, 0.4) is 0 Å². The van der Waals surface area contributed by atoms with Crippen LogP contribution >= 0.6 is 0 Å². The van der Waals surface area contributed by atoms with Crippen molar-refractivity contribution in [3.8, 4) is 0 Å². The topological polar surface area (TPSA) is 91.5 Å². The predicted molar refractivity (Wildman–Crippen MR) is 58.3 cm³/mol. The molecule has 2 heterocycles. The fourth-order valence-corrected chi connectivity index (χ4v) is 1.69. The maximum atomic E-state index is 11.7. The molecule has 2 aromatic heterocycles. The fourth-order valence-electron chi connectivity index (χ4n) is 1.69. The summed E-state index contributed by atoms with van der Waals surface area (Å²) in [6.45, 7) is 0. The van der Waals surface area contributed by atoms with Crippen LogP contribution in [0.5, 0.6) is 0 Å². The van der Waals surface area contributed by atoms with Gasteiger partial charge in [0, 0.05) is 12.4 Å². The van der Waals surface area contributed by atoms with E-state index < -0.39 is 11.2 Å². The van der Waals surface area contributed by atoms with Crippen molar-refractivity contribution in [3.05, 3.63) is 45.4 Å². The van der Waals surface area contributed by atoms with Crippen LogP contribution in [0.25, 0.3) is 21.9 Å². The van der Waals surface area contributed by atoms with E-state index in [1.807, 2.05) is 0 Å². The lowest BCUT2D eigenvalue weighted by molar-refractivity contribution is 1.08. The van der Waals surface area contributed by atoms with E-state index in [4.69, 9.17) is 0 Å². The van der Waals surface area contributed by atoms with Gasteiger partial charge in [-0.3, -0.25) is 19.7 Å². The van der Waals surface area contributed by atoms with Crippen molar-refractivity contribution in [2.24, 2.45) is 0 Å². The molecule has 0 aliphatic rings. The summed E-state index contributed by atoms with van der Waals surface area (Å²) >= 11 is 0. The van der Waals surface area contributed by atoms with E-state index in [-0.39, 0.29) is 0 Å². The second-order valence-corrected chi connectivity index (χ2v) is 3.32. The standard InChI is InChI=1S/C10H6N4O2/c15-9-7-5(13-10(16)14-9)1-2-6-8(7)12-4-3-11-6/h1-4H,(H2,13,14,15,16). The summed E-state index contributed by atoms with van der Waals surface area (Å²) in [6.07, 6.45) is 3.06. The van der Waals surface area contributed by atoms with Gasteiger partial charge in [0.05, 0.1) is 16.4 Å². The van der Waals surface area contributed by atoms with Crippen molar-refractivity contribution in [3.63, 3.8) is 0 Å². The van der Waals surface area contributed by atoms with Crippen LogP contribution in [-0.4, -0.2) is 19.9 Å². The molecule has 0 aliphatic carbocycles. The lowest BCUT2D eigenvalue weighted by Crippen LogP contribution is -2.22. The summed E-state index contributed by atoms with van der Waals surface area (Å²) in [4.78, 5) is 35.7. The average Bonchev–Trinajstić information content (AvgIpc) is 2.28. The molecule has 0 fully saturated rings. The molecule has 6 heteroatoms. The van der Waals surface area contributed by atoms with Gasteiger partial charge < -0.3 is 4.98 Å². The van der Waals surface area contributed by atoms with E-state index in [1.165, 1.54) is 6.20 Å². The molecule has 0 aliphatic heterocycles. The fraction of sp³-hybridized carbons (Fsp3) is 0. The maximum absolute atomic E-state index is 11.7. The molecule has 3 rings (SSSR count). The summed E-state index contributed by atoms with van der Waals surface area (Å²) in [7, 11) is 0. The first-order valence-corrected chi connectivity index (χ1v) is 4.62. The molecule has 0 radical (unpaired) electrons. The minimum absolute atomic E-state index is 0.352. The average molecular weight is 214 g/mol. The number of fused-ring (bicyclic) bond motifs is 3. The zero-order chi connectivity index (χ0) is 11.1. The van der Waals surface area contributed by atoms with E-state index in [9.17, 15) is 9.59 Å². The van der Waals surface area contributed by atoms with Gasteiger partial charge in [-0.15, -0.1) is 0 Å². The normalized spacial score (nSPS) is 11.0. The third-order valence-electron chi connectivity index (χ3n) is 2.34. The Kier molecular flexibility index (Phi) is 1.64. The van der Waals surface area contributed by atoms with Crippen LogP contribution in [0, 0.1) is 0 Å². The quantitative estimate of drug-likeness (QED) is 0.521. The number of H-pyrrole nitrogens is 2. The smallest absolute Gasteiger partial charge is 0.307 e. The third-order valence-corrected chi connectivity index (χ3v) is 2.34.